The van der Waals surface area contributed by atoms with E-state index in [1.165, 1.54) is 67.6 Å². The number of nitrogens with zero attached hydrogens (tertiary/aromatic N) is 3. The van der Waals surface area contributed by atoms with Gasteiger partial charge < -0.3 is 14.8 Å². The first kappa shape index (κ1) is 35.5. The van der Waals surface area contributed by atoms with E-state index in [4.69, 9.17) is 0 Å². The number of rotatable bonds is 4. The fourth-order valence-corrected chi connectivity index (χ4v) is 8.13. The van der Waals surface area contributed by atoms with Gasteiger partial charge >= 0.3 is 20.1 Å². The van der Waals surface area contributed by atoms with Gasteiger partial charge in [-0.15, -0.1) is 48.1 Å². The van der Waals surface area contributed by atoms with Crippen LogP contribution in [0.2, 0.25) is 0 Å². The maximum absolute atomic E-state index is 4.22. The monoisotopic (exact) mass is 841 g/mol. The van der Waals surface area contributed by atoms with Gasteiger partial charge in [-0.25, -0.2) is 0 Å². The van der Waals surface area contributed by atoms with Crippen molar-refractivity contribution in [3.05, 3.63) is 132 Å². The first-order valence-electron chi connectivity index (χ1n) is 17.3. The number of fused-ring (bicyclic) bond motifs is 3. The Balaban J connectivity index is 0.000000270. The van der Waals surface area contributed by atoms with Gasteiger partial charge in [0.25, 0.3) is 0 Å². The summed E-state index contributed by atoms with van der Waals surface area (Å²) in [5.41, 5.74) is 13.0. The van der Waals surface area contributed by atoms with Crippen LogP contribution in [-0.2, 0) is 30.9 Å². The molecule has 1 aromatic heterocycles. The summed E-state index contributed by atoms with van der Waals surface area (Å²) in [4.78, 5) is 11.7. The molecule has 4 aromatic carbocycles. The van der Waals surface area contributed by atoms with Gasteiger partial charge in [-0.05, 0) is 70.8 Å². The van der Waals surface area contributed by atoms with Crippen LogP contribution in [0.25, 0.3) is 11.3 Å². The van der Waals surface area contributed by atoms with Crippen LogP contribution < -0.4 is 9.80 Å². The van der Waals surface area contributed by atoms with Crippen molar-refractivity contribution in [2.75, 3.05) is 9.80 Å². The minimum atomic E-state index is 0. The van der Waals surface area contributed by atoms with Crippen molar-refractivity contribution in [3.8, 4) is 11.3 Å². The van der Waals surface area contributed by atoms with Crippen molar-refractivity contribution < 1.29 is 20.1 Å². The maximum atomic E-state index is 4.22. The molecule has 0 amide bonds. The molecule has 5 heteroatoms. The topological polar surface area (TPSA) is 19.4 Å². The van der Waals surface area contributed by atoms with E-state index in [0.29, 0.717) is 11.8 Å². The van der Waals surface area contributed by atoms with Crippen LogP contribution in [-0.4, -0.2) is 4.98 Å². The van der Waals surface area contributed by atoms with Crippen molar-refractivity contribution in [3.63, 3.8) is 0 Å². The third-order valence-corrected chi connectivity index (χ3v) is 11.3. The second-order valence-electron chi connectivity index (χ2n) is 15.3. The Bertz CT molecular complexity index is 1890. The summed E-state index contributed by atoms with van der Waals surface area (Å²) in [6, 6.07) is 37.2. The fraction of sp³-hybridized carbons (Fsp3) is 0.318. The molecule has 0 atom stereocenters. The zero-order chi connectivity index (χ0) is 33.8. The molecule has 1 aliphatic carbocycles. The van der Waals surface area contributed by atoms with Gasteiger partial charge in [0.2, 0.25) is 0 Å². The van der Waals surface area contributed by atoms with Crippen LogP contribution in [0, 0.1) is 18.8 Å². The molecular formula is C44H46IrN3S. The first-order chi connectivity index (χ1) is 22.9. The predicted molar refractivity (Wildman–Crippen MR) is 203 cm³/mol. The van der Waals surface area contributed by atoms with Crippen LogP contribution in [0.4, 0.5) is 22.7 Å². The molecule has 252 valence electrons. The summed E-state index contributed by atoms with van der Waals surface area (Å²) in [6.07, 6.45) is 4.21. The molecule has 0 bridgehead atoms. The molecule has 2 aliphatic heterocycles. The van der Waals surface area contributed by atoms with Crippen LogP contribution in [0.5, 0.6) is 0 Å². The molecule has 5 aromatic rings. The van der Waals surface area contributed by atoms with E-state index in [1.807, 2.05) is 54.2 Å². The van der Waals surface area contributed by atoms with Crippen molar-refractivity contribution in [2.24, 2.45) is 0 Å². The van der Waals surface area contributed by atoms with Gasteiger partial charge in [0, 0.05) is 28.2 Å². The Morgan fingerprint density at radius 1 is 0.776 bits per heavy atom. The number of hydrogen-bond donors (Lipinski definition) is 0. The molecule has 0 saturated carbocycles. The van der Waals surface area contributed by atoms with E-state index in [9.17, 15) is 0 Å². The molecule has 49 heavy (non-hydrogen) atoms. The Morgan fingerprint density at radius 3 is 2.14 bits per heavy atom. The Labute approximate surface area is 311 Å². The molecule has 0 N–H and O–H groups in total. The van der Waals surface area contributed by atoms with Gasteiger partial charge in [0.15, 0.2) is 0 Å². The van der Waals surface area contributed by atoms with E-state index in [1.54, 1.807) is 6.20 Å². The number of aromatic nitrogens is 1. The average molecular weight is 841 g/mol. The summed E-state index contributed by atoms with van der Waals surface area (Å²) in [5.74, 6) is 0.980. The molecule has 3 heterocycles. The molecular weight excluding hydrogens is 795 g/mol. The maximum Gasteiger partial charge on any atom is 3.00 e. The number of pyridine rings is 1. The smallest absolute Gasteiger partial charge is 0.492 e. The van der Waals surface area contributed by atoms with E-state index in [-0.39, 0.29) is 30.9 Å². The summed E-state index contributed by atoms with van der Waals surface area (Å²) < 4.78 is 0. The van der Waals surface area contributed by atoms with E-state index >= 15 is 0 Å². The first-order valence-corrected chi connectivity index (χ1v) is 18.1. The minimum absolute atomic E-state index is 0. The van der Waals surface area contributed by atoms with Crippen LogP contribution >= 0.6 is 11.8 Å². The summed E-state index contributed by atoms with van der Waals surface area (Å²) in [6.45, 7) is 21.1. The van der Waals surface area contributed by atoms with Gasteiger partial charge in [-0.3, -0.25) is 0 Å². The number of hydrogen-bond acceptors (Lipinski definition) is 4. The fourth-order valence-electron chi connectivity index (χ4n) is 7.03. The standard InChI is InChI=1S/C33H38N2S.C11H8N.Ir/c1-20(2)22-14-23(21(3)4)16-24(15-22)34-19-35-28-17-25-26(33(7,8)13-12-32(25,5)6)18-30(28)36-29-11-9-10-27(34)31(29)35;1-2-6-10(7-3-1)11-8-4-5-9-12-11;/h9-11,14-16,18-21H,12-13H2,1-8H3;1-6,8-9H;/q-2;-1;+3. The van der Waals surface area contributed by atoms with Crippen molar-refractivity contribution in [1.29, 1.82) is 0 Å². The van der Waals surface area contributed by atoms with Crippen molar-refractivity contribution in [1.82, 2.24) is 4.98 Å². The van der Waals surface area contributed by atoms with Gasteiger partial charge in [0.05, 0.1) is 0 Å². The molecule has 0 spiro atoms. The Kier molecular flexibility index (Phi) is 9.94. The minimum Gasteiger partial charge on any atom is -0.492 e. The molecule has 0 saturated heterocycles. The van der Waals surface area contributed by atoms with Crippen LogP contribution in [0.15, 0.2) is 101 Å². The van der Waals surface area contributed by atoms with Gasteiger partial charge in [-0.1, -0.05) is 102 Å². The number of anilines is 4. The van der Waals surface area contributed by atoms with Crippen LogP contribution in [0.3, 0.4) is 0 Å². The zero-order valence-electron chi connectivity index (χ0n) is 29.9. The van der Waals surface area contributed by atoms with E-state index < -0.39 is 0 Å². The van der Waals surface area contributed by atoms with Gasteiger partial charge in [0.1, 0.15) is 0 Å². The van der Waals surface area contributed by atoms with Gasteiger partial charge in [-0.2, -0.15) is 29.5 Å². The third kappa shape index (κ3) is 6.75. The third-order valence-electron chi connectivity index (χ3n) is 10.2. The van der Waals surface area contributed by atoms with E-state index in [2.05, 4.69) is 131 Å². The molecule has 3 nitrogen and oxygen atoms in total. The molecule has 0 fully saturated rings. The molecule has 8 rings (SSSR count). The second kappa shape index (κ2) is 13.7. The SMILES string of the molecule is CC(C)c1cc(C(C)C)cc(N2[CH-]N3c4[c-]c5c(cc4Sc4cccc2c43)C(C)(C)CCC5(C)C)c1.[Ir+3].[c-]1ccccc1-c1ccccn1. The van der Waals surface area contributed by atoms with Crippen molar-refractivity contribution in [2.45, 2.75) is 101 Å². The second-order valence-corrected chi connectivity index (χ2v) is 16.4. The predicted octanol–water partition coefficient (Wildman–Crippen LogP) is 12.5. The quantitative estimate of drug-likeness (QED) is 0.168. The Hall–Kier alpha value is -3.37. The van der Waals surface area contributed by atoms with Crippen molar-refractivity contribution >= 4 is 34.5 Å². The summed E-state index contributed by atoms with van der Waals surface area (Å²) >= 11 is 1.91. The zero-order valence-corrected chi connectivity index (χ0v) is 33.1. The normalized spacial score (nSPS) is 16.3. The number of benzene rings is 4. The molecule has 3 aliphatic rings. The Morgan fingerprint density at radius 2 is 1.49 bits per heavy atom. The van der Waals surface area contributed by atoms with Crippen LogP contribution in [0.1, 0.15) is 102 Å². The summed E-state index contributed by atoms with van der Waals surface area (Å²) in [5, 5.41) is 0. The average Bonchev–Trinajstić information content (AvgIpc) is 3.48. The molecule has 0 radical (unpaired) electrons. The number of para-hydroxylation sites is 1. The van der Waals surface area contributed by atoms with E-state index in [0.717, 1.165) is 11.3 Å². The largest absolute Gasteiger partial charge is 3.00 e. The molecule has 0 unspecified atom stereocenters. The summed E-state index contributed by atoms with van der Waals surface area (Å²) in [7, 11) is 0.